The number of carbonyl (C=O) groups excluding carboxylic acids is 2. The number of esters is 1. The molecule has 0 aromatic heterocycles. The van der Waals surface area contributed by atoms with Gasteiger partial charge in [0, 0.05) is 13.0 Å². The molecule has 5 heteroatoms. The summed E-state index contributed by atoms with van der Waals surface area (Å²) in [7, 11) is 1.31. The van der Waals surface area contributed by atoms with Crippen LogP contribution >= 0.6 is 0 Å². The molecule has 0 heterocycles. The van der Waals surface area contributed by atoms with E-state index in [4.69, 9.17) is 9.47 Å². The molecular weight excluding hydrogens is 294 g/mol. The number of methoxy groups -OCH3 is 1. The summed E-state index contributed by atoms with van der Waals surface area (Å²) >= 11 is 0. The van der Waals surface area contributed by atoms with Gasteiger partial charge in [-0.25, -0.2) is 9.59 Å². The lowest BCUT2D eigenvalue weighted by atomic mass is 10.0. The summed E-state index contributed by atoms with van der Waals surface area (Å²) in [5, 5.41) is 0. The predicted molar refractivity (Wildman–Crippen MR) is 89.1 cm³/mol. The quantitative estimate of drug-likeness (QED) is 0.597. The monoisotopic (exact) mass is 319 g/mol. The van der Waals surface area contributed by atoms with E-state index in [-0.39, 0.29) is 6.54 Å². The third-order valence-corrected chi connectivity index (χ3v) is 3.08. The van der Waals surface area contributed by atoms with Gasteiger partial charge in [0.25, 0.3) is 0 Å². The number of nitrogens with zero attached hydrogens (tertiary/aromatic N) is 1. The van der Waals surface area contributed by atoms with Crippen molar-refractivity contribution < 1.29 is 19.1 Å². The molecule has 0 saturated carbocycles. The zero-order valence-electron chi connectivity index (χ0n) is 14.2. The third kappa shape index (κ3) is 6.14. The Hall–Kier alpha value is -2.30. The molecular formula is C18H25NO4. The molecule has 0 bridgehead atoms. The van der Waals surface area contributed by atoms with Gasteiger partial charge in [-0.05, 0) is 26.3 Å². The topological polar surface area (TPSA) is 55.8 Å². The molecule has 0 radical (unpaired) electrons. The minimum Gasteiger partial charge on any atom is -0.467 e. The summed E-state index contributed by atoms with van der Waals surface area (Å²) in [5.74, 6) is -0.485. The molecule has 0 fully saturated rings. The Kier molecular flexibility index (Phi) is 6.82. The maximum absolute atomic E-state index is 12.4. The second-order valence-electron chi connectivity index (χ2n) is 6.15. The van der Waals surface area contributed by atoms with Gasteiger partial charge in [-0.1, -0.05) is 36.4 Å². The highest BCUT2D eigenvalue weighted by Crippen LogP contribution is 2.16. The van der Waals surface area contributed by atoms with Gasteiger partial charge in [0.15, 0.2) is 0 Å². The number of carbonyl (C=O) groups is 2. The van der Waals surface area contributed by atoms with E-state index >= 15 is 0 Å². The molecule has 1 aromatic carbocycles. The van der Waals surface area contributed by atoms with Gasteiger partial charge in [0.2, 0.25) is 0 Å². The summed E-state index contributed by atoms with van der Waals surface area (Å²) in [6.07, 6.45) is 1.34. The standard InChI is InChI=1S/C18H25NO4/c1-6-12-19(17(21)23-18(2,3)4)15(16(20)22-5)13-14-10-8-7-9-11-14/h6-11,15H,1,12-13H2,2-5H3/t15-/m0/s1. The fourth-order valence-electron chi connectivity index (χ4n) is 2.08. The number of hydrogen-bond acceptors (Lipinski definition) is 4. The molecule has 1 aromatic rings. The summed E-state index contributed by atoms with van der Waals surface area (Å²) in [6.45, 7) is 9.19. The van der Waals surface area contributed by atoms with Crippen LogP contribution in [0.2, 0.25) is 0 Å². The molecule has 23 heavy (non-hydrogen) atoms. The van der Waals surface area contributed by atoms with E-state index in [1.807, 2.05) is 30.3 Å². The predicted octanol–water partition coefficient (Wildman–Crippen LogP) is 3.19. The first-order valence-electron chi connectivity index (χ1n) is 7.50. The van der Waals surface area contributed by atoms with E-state index in [2.05, 4.69) is 6.58 Å². The summed E-state index contributed by atoms with van der Waals surface area (Å²) in [6, 6.07) is 8.69. The summed E-state index contributed by atoms with van der Waals surface area (Å²) < 4.78 is 10.3. The smallest absolute Gasteiger partial charge is 0.411 e. The van der Waals surface area contributed by atoms with E-state index < -0.39 is 23.7 Å². The Balaban J connectivity index is 3.05. The van der Waals surface area contributed by atoms with Crippen molar-refractivity contribution in [2.45, 2.75) is 38.8 Å². The Labute approximate surface area is 137 Å². The van der Waals surface area contributed by atoms with Crippen molar-refractivity contribution in [1.29, 1.82) is 0 Å². The average molecular weight is 319 g/mol. The molecule has 1 rings (SSSR count). The lowest BCUT2D eigenvalue weighted by Gasteiger charge is -2.31. The molecule has 0 N–H and O–H groups in total. The van der Waals surface area contributed by atoms with Crippen LogP contribution in [0.25, 0.3) is 0 Å². The third-order valence-electron chi connectivity index (χ3n) is 3.08. The van der Waals surface area contributed by atoms with Gasteiger partial charge in [-0.2, -0.15) is 0 Å². The fourth-order valence-corrected chi connectivity index (χ4v) is 2.08. The Morgan fingerprint density at radius 1 is 1.26 bits per heavy atom. The minimum absolute atomic E-state index is 0.196. The van der Waals surface area contributed by atoms with Crippen molar-refractivity contribution in [2.24, 2.45) is 0 Å². The van der Waals surface area contributed by atoms with Crippen molar-refractivity contribution >= 4 is 12.1 Å². The van der Waals surface area contributed by atoms with Crippen LogP contribution in [-0.2, 0) is 20.7 Å². The van der Waals surface area contributed by atoms with Crippen molar-refractivity contribution in [3.05, 3.63) is 48.6 Å². The van der Waals surface area contributed by atoms with Crippen molar-refractivity contribution in [1.82, 2.24) is 4.90 Å². The first-order chi connectivity index (χ1) is 10.8. The number of hydrogen-bond donors (Lipinski definition) is 0. The Morgan fingerprint density at radius 2 is 1.87 bits per heavy atom. The lowest BCUT2D eigenvalue weighted by Crippen LogP contribution is -2.48. The molecule has 1 atom stereocenters. The zero-order chi connectivity index (χ0) is 17.5. The maximum Gasteiger partial charge on any atom is 0.411 e. The second kappa shape index (κ2) is 8.36. The molecule has 0 aliphatic carbocycles. The molecule has 0 aliphatic rings. The number of benzene rings is 1. The summed E-state index contributed by atoms with van der Waals surface area (Å²) in [5.41, 5.74) is 0.282. The zero-order valence-corrected chi connectivity index (χ0v) is 14.2. The molecule has 5 nitrogen and oxygen atoms in total. The summed E-state index contributed by atoms with van der Waals surface area (Å²) in [4.78, 5) is 26.0. The highest BCUT2D eigenvalue weighted by Gasteiger charge is 2.33. The van der Waals surface area contributed by atoms with Crippen LogP contribution in [0, 0.1) is 0 Å². The van der Waals surface area contributed by atoms with Gasteiger partial charge >= 0.3 is 12.1 Å². The van der Waals surface area contributed by atoms with Crippen LogP contribution in [0.3, 0.4) is 0 Å². The molecule has 1 amide bonds. The van der Waals surface area contributed by atoms with Gasteiger partial charge in [0.05, 0.1) is 7.11 Å². The SMILES string of the molecule is C=CCN(C(=O)OC(C)(C)C)[C@@H](Cc1ccccc1)C(=O)OC. The van der Waals surface area contributed by atoms with Crippen molar-refractivity contribution in [3.63, 3.8) is 0 Å². The van der Waals surface area contributed by atoms with Crippen LogP contribution in [-0.4, -0.2) is 42.3 Å². The molecule has 126 valence electrons. The van der Waals surface area contributed by atoms with Gasteiger partial charge in [0.1, 0.15) is 11.6 Å². The Morgan fingerprint density at radius 3 is 2.35 bits per heavy atom. The van der Waals surface area contributed by atoms with Crippen molar-refractivity contribution in [2.75, 3.05) is 13.7 Å². The molecule has 0 aliphatic heterocycles. The number of ether oxygens (including phenoxy) is 2. The van der Waals surface area contributed by atoms with Gasteiger partial charge in [-0.15, -0.1) is 6.58 Å². The second-order valence-corrected chi connectivity index (χ2v) is 6.15. The molecule has 0 unspecified atom stereocenters. The first kappa shape index (κ1) is 18.7. The molecule has 0 spiro atoms. The van der Waals surface area contributed by atoms with E-state index in [9.17, 15) is 9.59 Å². The number of amides is 1. The van der Waals surface area contributed by atoms with E-state index in [1.54, 1.807) is 26.8 Å². The van der Waals surface area contributed by atoms with Crippen LogP contribution in [0.4, 0.5) is 4.79 Å². The van der Waals surface area contributed by atoms with Gasteiger partial charge < -0.3 is 9.47 Å². The highest BCUT2D eigenvalue weighted by molar-refractivity contribution is 5.82. The van der Waals surface area contributed by atoms with Crippen LogP contribution in [0.5, 0.6) is 0 Å². The van der Waals surface area contributed by atoms with Crippen molar-refractivity contribution in [3.8, 4) is 0 Å². The van der Waals surface area contributed by atoms with E-state index in [1.165, 1.54) is 12.0 Å². The minimum atomic E-state index is -0.768. The largest absolute Gasteiger partial charge is 0.467 e. The number of rotatable bonds is 6. The fraction of sp³-hybridized carbons (Fsp3) is 0.444. The van der Waals surface area contributed by atoms with E-state index in [0.29, 0.717) is 6.42 Å². The molecule has 0 saturated heterocycles. The first-order valence-corrected chi connectivity index (χ1v) is 7.50. The maximum atomic E-state index is 12.4. The lowest BCUT2D eigenvalue weighted by molar-refractivity contribution is -0.146. The van der Waals surface area contributed by atoms with E-state index in [0.717, 1.165) is 5.56 Å². The van der Waals surface area contributed by atoms with Gasteiger partial charge in [-0.3, -0.25) is 4.90 Å². The van der Waals surface area contributed by atoms with Crippen LogP contribution in [0.15, 0.2) is 43.0 Å². The Bertz CT molecular complexity index is 534. The van der Waals surface area contributed by atoms with Crippen LogP contribution in [0.1, 0.15) is 26.3 Å². The van der Waals surface area contributed by atoms with Crippen LogP contribution < -0.4 is 0 Å². The average Bonchev–Trinajstić information content (AvgIpc) is 2.49. The highest BCUT2D eigenvalue weighted by atomic mass is 16.6. The normalized spacial score (nSPS) is 12.2.